The van der Waals surface area contributed by atoms with Crippen molar-refractivity contribution in [3.8, 4) is 0 Å². The fraction of sp³-hybridized carbons (Fsp3) is 0.263. The fourth-order valence-corrected chi connectivity index (χ4v) is 2.28. The van der Waals surface area contributed by atoms with Crippen molar-refractivity contribution in [1.29, 1.82) is 0 Å². The number of amides is 2. The highest BCUT2D eigenvalue weighted by atomic mass is 35.5. The number of halogens is 1. The Kier molecular flexibility index (Phi) is 6.04. The van der Waals surface area contributed by atoms with E-state index in [1.807, 2.05) is 18.2 Å². The van der Waals surface area contributed by atoms with E-state index in [0.717, 1.165) is 5.56 Å². The summed E-state index contributed by atoms with van der Waals surface area (Å²) >= 11 is 6.08. The second kappa shape index (κ2) is 8.03. The molecule has 2 N–H and O–H groups in total. The smallest absolute Gasteiger partial charge is 0.412 e. The van der Waals surface area contributed by atoms with Gasteiger partial charge in [-0.25, -0.2) is 4.79 Å². The number of carbonyl (C=O) groups excluding carboxylic acids is 2. The van der Waals surface area contributed by atoms with Gasteiger partial charge in [-0.2, -0.15) is 0 Å². The van der Waals surface area contributed by atoms with Gasteiger partial charge in [-0.15, -0.1) is 0 Å². The second-order valence-electron chi connectivity index (χ2n) is 6.48. The van der Waals surface area contributed by atoms with Gasteiger partial charge < -0.3 is 10.1 Å². The largest absolute Gasteiger partial charge is 0.444 e. The average Bonchev–Trinajstić information content (AvgIpc) is 2.52. The van der Waals surface area contributed by atoms with Crippen molar-refractivity contribution < 1.29 is 14.3 Å². The first kappa shape index (κ1) is 18.8. The van der Waals surface area contributed by atoms with Gasteiger partial charge in [0.25, 0.3) is 5.91 Å². The second-order valence-corrected chi connectivity index (χ2v) is 6.89. The van der Waals surface area contributed by atoms with Gasteiger partial charge >= 0.3 is 6.09 Å². The first-order chi connectivity index (χ1) is 11.7. The monoisotopic (exact) mass is 360 g/mol. The molecule has 0 fully saturated rings. The number of ether oxygens (including phenoxy) is 1. The Hall–Kier alpha value is -2.53. The lowest BCUT2D eigenvalue weighted by molar-refractivity contribution is 0.0635. The molecule has 132 valence electrons. The lowest BCUT2D eigenvalue weighted by atomic mass is 10.1. The molecule has 0 atom stereocenters. The number of carbonyl (C=O) groups is 2. The summed E-state index contributed by atoms with van der Waals surface area (Å²) in [6.45, 7) is 5.67. The van der Waals surface area contributed by atoms with Crippen LogP contribution in [-0.4, -0.2) is 17.6 Å². The first-order valence-electron chi connectivity index (χ1n) is 7.86. The number of rotatable bonds is 4. The number of hydrogen-bond donors (Lipinski definition) is 2. The summed E-state index contributed by atoms with van der Waals surface area (Å²) in [7, 11) is 0. The Balaban J connectivity index is 1.99. The van der Waals surface area contributed by atoms with Crippen LogP contribution in [0.5, 0.6) is 0 Å². The van der Waals surface area contributed by atoms with E-state index in [1.54, 1.807) is 51.1 Å². The summed E-state index contributed by atoms with van der Waals surface area (Å²) in [5.74, 6) is -0.257. The zero-order chi connectivity index (χ0) is 18.4. The van der Waals surface area contributed by atoms with E-state index in [4.69, 9.17) is 16.3 Å². The van der Waals surface area contributed by atoms with Crippen molar-refractivity contribution in [2.45, 2.75) is 32.9 Å². The lowest BCUT2D eigenvalue weighted by Crippen LogP contribution is -2.27. The topological polar surface area (TPSA) is 67.4 Å². The first-order valence-corrected chi connectivity index (χ1v) is 8.24. The molecule has 2 aromatic rings. The molecule has 0 saturated heterocycles. The van der Waals surface area contributed by atoms with Crippen molar-refractivity contribution in [2.75, 3.05) is 5.32 Å². The van der Waals surface area contributed by atoms with Crippen molar-refractivity contribution in [3.63, 3.8) is 0 Å². The highest BCUT2D eigenvalue weighted by Crippen LogP contribution is 2.16. The van der Waals surface area contributed by atoms with E-state index in [2.05, 4.69) is 10.6 Å². The fourth-order valence-electron chi connectivity index (χ4n) is 2.08. The minimum Gasteiger partial charge on any atom is -0.444 e. The van der Waals surface area contributed by atoms with Crippen molar-refractivity contribution >= 4 is 29.3 Å². The van der Waals surface area contributed by atoms with Gasteiger partial charge in [-0.3, -0.25) is 10.1 Å². The van der Waals surface area contributed by atoms with E-state index in [-0.39, 0.29) is 5.91 Å². The Morgan fingerprint density at radius 2 is 1.80 bits per heavy atom. The van der Waals surface area contributed by atoms with Crippen LogP contribution in [0.3, 0.4) is 0 Å². The molecule has 0 heterocycles. The molecule has 6 heteroatoms. The highest BCUT2D eigenvalue weighted by molar-refractivity contribution is 6.31. The molecule has 0 aliphatic heterocycles. The van der Waals surface area contributed by atoms with Crippen LogP contribution in [0.4, 0.5) is 10.5 Å². The number of anilines is 1. The zero-order valence-corrected chi connectivity index (χ0v) is 15.2. The molecule has 2 aromatic carbocycles. The maximum atomic E-state index is 12.3. The van der Waals surface area contributed by atoms with Gasteiger partial charge in [0, 0.05) is 22.8 Å². The molecule has 0 aliphatic rings. The standard InChI is InChI=1S/C19H21ClN2O3/c1-19(2,3)25-18(24)22-15-9-6-8-13(11-15)17(23)21-12-14-7-4-5-10-16(14)20/h4-11H,12H2,1-3H3,(H,21,23)(H,22,24). The van der Waals surface area contributed by atoms with Gasteiger partial charge in [-0.05, 0) is 50.6 Å². The minimum absolute atomic E-state index is 0.257. The van der Waals surface area contributed by atoms with Crippen LogP contribution < -0.4 is 10.6 Å². The Labute approximate surface area is 152 Å². The van der Waals surface area contributed by atoms with Crippen LogP contribution in [-0.2, 0) is 11.3 Å². The molecular weight excluding hydrogens is 340 g/mol. The third kappa shape index (κ3) is 6.12. The predicted octanol–water partition coefficient (Wildman–Crippen LogP) is 4.62. The van der Waals surface area contributed by atoms with E-state index in [9.17, 15) is 9.59 Å². The molecule has 25 heavy (non-hydrogen) atoms. The van der Waals surface area contributed by atoms with Gasteiger partial charge in [0.15, 0.2) is 0 Å². The van der Waals surface area contributed by atoms with Crippen LogP contribution in [0.25, 0.3) is 0 Å². The molecule has 2 amide bonds. The van der Waals surface area contributed by atoms with Crippen molar-refractivity contribution in [2.24, 2.45) is 0 Å². The number of nitrogens with one attached hydrogen (secondary N) is 2. The van der Waals surface area contributed by atoms with Gasteiger partial charge in [0.05, 0.1) is 0 Å². The summed E-state index contributed by atoms with van der Waals surface area (Å²) in [5.41, 5.74) is 1.16. The Bertz CT molecular complexity index is 769. The lowest BCUT2D eigenvalue weighted by Gasteiger charge is -2.19. The quantitative estimate of drug-likeness (QED) is 0.836. The van der Waals surface area contributed by atoms with Crippen LogP contribution >= 0.6 is 11.6 Å². The molecule has 0 unspecified atom stereocenters. The van der Waals surface area contributed by atoms with Gasteiger partial charge in [-0.1, -0.05) is 35.9 Å². The molecule has 0 radical (unpaired) electrons. The normalized spacial score (nSPS) is 10.9. The molecular formula is C19H21ClN2O3. The van der Waals surface area contributed by atoms with Crippen LogP contribution in [0, 0.1) is 0 Å². The summed E-state index contributed by atoms with van der Waals surface area (Å²) in [6.07, 6.45) is -0.568. The maximum absolute atomic E-state index is 12.3. The van der Waals surface area contributed by atoms with Gasteiger partial charge in [0.1, 0.15) is 5.60 Å². The van der Waals surface area contributed by atoms with Crippen LogP contribution in [0.15, 0.2) is 48.5 Å². The van der Waals surface area contributed by atoms with E-state index in [0.29, 0.717) is 22.8 Å². The van der Waals surface area contributed by atoms with E-state index >= 15 is 0 Å². The zero-order valence-electron chi connectivity index (χ0n) is 14.4. The van der Waals surface area contributed by atoms with Gasteiger partial charge in [0.2, 0.25) is 0 Å². The predicted molar refractivity (Wildman–Crippen MR) is 98.9 cm³/mol. The van der Waals surface area contributed by atoms with Crippen molar-refractivity contribution in [3.05, 3.63) is 64.7 Å². The molecule has 2 rings (SSSR count). The van der Waals surface area contributed by atoms with Crippen molar-refractivity contribution in [1.82, 2.24) is 5.32 Å². The summed E-state index contributed by atoms with van der Waals surface area (Å²) in [5, 5.41) is 6.02. The third-order valence-electron chi connectivity index (χ3n) is 3.17. The minimum atomic E-state index is -0.589. The molecule has 5 nitrogen and oxygen atoms in total. The summed E-state index contributed by atoms with van der Waals surface area (Å²) in [4.78, 5) is 24.1. The van der Waals surface area contributed by atoms with E-state index in [1.165, 1.54) is 0 Å². The average molecular weight is 361 g/mol. The molecule has 0 aliphatic carbocycles. The SMILES string of the molecule is CC(C)(C)OC(=O)Nc1cccc(C(=O)NCc2ccccc2Cl)c1. The summed E-state index contributed by atoms with van der Waals surface area (Å²) < 4.78 is 5.20. The van der Waals surface area contributed by atoms with Crippen LogP contribution in [0.2, 0.25) is 5.02 Å². The third-order valence-corrected chi connectivity index (χ3v) is 3.54. The molecule has 0 saturated carbocycles. The molecule has 0 aromatic heterocycles. The Morgan fingerprint density at radius 3 is 2.48 bits per heavy atom. The Morgan fingerprint density at radius 1 is 1.08 bits per heavy atom. The van der Waals surface area contributed by atoms with E-state index < -0.39 is 11.7 Å². The maximum Gasteiger partial charge on any atom is 0.412 e. The highest BCUT2D eigenvalue weighted by Gasteiger charge is 2.16. The molecule has 0 bridgehead atoms. The number of hydrogen-bond acceptors (Lipinski definition) is 3. The van der Waals surface area contributed by atoms with Crippen LogP contribution in [0.1, 0.15) is 36.7 Å². The number of benzene rings is 2. The molecule has 0 spiro atoms. The summed E-state index contributed by atoms with van der Waals surface area (Å²) in [6, 6.07) is 14.0.